The Morgan fingerprint density at radius 1 is 1.08 bits per heavy atom. The second-order valence-corrected chi connectivity index (χ2v) is 7.88. The summed E-state index contributed by atoms with van der Waals surface area (Å²) in [6, 6.07) is 12.4. The van der Waals surface area contributed by atoms with Crippen molar-refractivity contribution in [2.45, 2.75) is 33.4 Å². The first kappa shape index (κ1) is 21.0. The molecule has 0 fully saturated rings. The minimum Gasteiger partial charge on any atom is -0.373 e. The molecule has 0 saturated heterocycles. The number of halogens is 4. The second kappa shape index (κ2) is 8.12. The van der Waals surface area contributed by atoms with E-state index >= 15 is 0 Å². The van der Waals surface area contributed by atoms with E-state index in [0.29, 0.717) is 6.92 Å². The van der Waals surface area contributed by atoms with E-state index in [1.165, 1.54) is 23.9 Å². The average Bonchev–Trinajstić information content (AvgIpc) is 2.57. The number of thioether (sulfide) groups is 1. The predicted octanol–water partition coefficient (Wildman–Crippen LogP) is 5.46. The number of hydrogen-bond acceptors (Lipinski definition) is 4. The van der Waals surface area contributed by atoms with Crippen molar-refractivity contribution in [3.05, 3.63) is 47.5 Å². The van der Waals surface area contributed by atoms with Crippen LogP contribution in [0.15, 0.2) is 57.2 Å². The highest BCUT2D eigenvalue weighted by Gasteiger charge is 2.55. The lowest BCUT2D eigenvalue weighted by atomic mass is 10.1. The van der Waals surface area contributed by atoms with Gasteiger partial charge in [0.15, 0.2) is 0 Å². The van der Waals surface area contributed by atoms with E-state index in [1.807, 2.05) is 35.8 Å². The van der Waals surface area contributed by atoms with Gasteiger partial charge >= 0.3 is 6.18 Å². The molecule has 2 N–H and O–H groups in total. The lowest BCUT2D eigenvalue weighted by Crippen LogP contribution is -2.52. The zero-order chi connectivity index (χ0) is 19.5. The molecule has 140 valence electrons. The quantitative estimate of drug-likeness (QED) is 0.629. The van der Waals surface area contributed by atoms with Crippen molar-refractivity contribution in [3.8, 4) is 0 Å². The number of aliphatic hydroxyl groups is 1. The maximum atomic E-state index is 12.7. The minimum absolute atomic E-state index is 0.0109. The van der Waals surface area contributed by atoms with Gasteiger partial charge in [0, 0.05) is 14.7 Å². The van der Waals surface area contributed by atoms with Gasteiger partial charge in [-0.1, -0.05) is 23.4 Å². The summed E-state index contributed by atoms with van der Waals surface area (Å²) in [7, 11) is 0. The fraction of sp³-hybridized carbons (Fsp3) is 0.235. The molecule has 0 aliphatic rings. The van der Waals surface area contributed by atoms with E-state index in [1.54, 1.807) is 17.8 Å². The largest absolute Gasteiger partial charge is 0.426 e. The van der Waals surface area contributed by atoms with Crippen LogP contribution in [-0.2, 0) is 4.79 Å². The number of hydrogen-bond donors (Lipinski definition) is 2. The molecule has 0 radical (unpaired) electrons. The van der Waals surface area contributed by atoms with Gasteiger partial charge in [0.25, 0.3) is 5.91 Å². The van der Waals surface area contributed by atoms with Crippen LogP contribution in [0.5, 0.6) is 0 Å². The lowest BCUT2D eigenvalue weighted by Gasteiger charge is -2.25. The van der Waals surface area contributed by atoms with Crippen LogP contribution in [0.3, 0.4) is 0 Å². The van der Waals surface area contributed by atoms with E-state index in [4.69, 9.17) is 11.6 Å². The maximum Gasteiger partial charge on any atom is 0.426 e. The molecule has 0 unspecified atom stereocenters. The van der Waals surface area contributed by atoms with Gasteiger partial charge < -0.3 is 10.4 Å². The third-order valence-corrected chi connectivity index (χ3v) is 5.53. The normalized spacial score (nSPS) is 14.0. The molecule has 0 aromatic heterocycles. The predicted molar refractivity (Wildman–Crippen MR) is 99.1 cm³/mol. The fourth-order valence-corrected chi connectivity index (χ4v) is 3.37. The number of nitrogens with one attached hydrogen (secondary N) is 1. The summed E-state index contributed by atoms with van der Waals surface area (Å²) in [6.07, 6.45) is -3.12. The average molecular weight is 422 g/mol. The SMILES string of the molecule is CSc1ccc(Sc2ccc(NC(=O)[C@@](C)(O)C(F)(F)F)c(Cl)c2)cc1. The first-order valence-corrected chi connectivity index (χ1v) is 9.68. The van der Waals surface area contributed by atoms with E-state index in [0.717, 1.165) is 14.7 Å². The van der Waals surface area contributed by atoms with Gasteiger partial charge in [-0.15, -0.1) is 11.8 Å². The van der Waals surface area contributed by atoms with Crippen LogP contribution in [-0.4, -0.2) is 29.0 Å². The zero-order valence-corrected chi connectivity index (χ0v) is 16.1. The summed E-state index contributed by atoms with van der Waals surface area (Å²) >= 11 is 9.11. The van der Waals surface area contributed by atoms with E-state index < -0.39 is 17.7 Å². The van der Waals surface area contributed by atoms with Crippen molar-refractivity contribution in [2.24, 2.45) is 0 Å². The standard InChI is InChI=1S/C17H15ClF3NO2S2/c1-16(24,17(19,20)21)15(23)22-14-8-7-12(9-13(14)18)26-11-5-3-10(25-2)4-6-11/h3-9,24H,1-2H3,(H,22,23)/t16-/m1/s1. The third-order valence-electron chi connectivity index (χ3n) is 3.48. The molecule has 1 amide bonds. The Kier molecular flexibility index (Phi) is 6.55. The van der Waals surface area contributed by atoms with Crippen LogP contribution in [0.1, 0.15) is 6.92 Å². The van der Waals surface area contributed by atoms with Gasteiger partial charge in [0.1, 0.15) is 0 Å². The first-order chi connectivity index (χ1) is 12.0. The van der Waals surface area contributed by atoms with E-state index in [2.05, 4.69) is 0 Å². The molecule has 2 aromatic rings. The number of alkyl halides is 3. The maximum absolute atomic E-state index is 12.7. The molecular formula is C17H15ClF3NO2S2. The molecule has 0 spiro atoms. The summed E-state index contributed by atoms with van der Waals surface area (Å²) in [6.45, 7) is 0.388. The van der Waals surface area contributed by atoms with E-state index in [-0.39, 0.29) is 10.7 Å². The van der Waals surface area contributed by atoms with Crippen molar-refractivity contribution >= 4 is 46.7 Å². The van der Waals surface area contributed by atoms with Crippen LogP contribution in [0, 0.1) is 0 Å². The molecule has 0 aliphatic carbocycles. The molecule has 3 nitrogen and oxygen atoms in total. The molecule has 0 heterocycles. The number of anilines is 1. The number of rotatable bonds is 5. The molecular weight excluding hydrogens is 407 g/mol. The monoisotopic (exact) mass is 421 g/mol. The summed E-state index contributed by atoms with van der Waals surface area (Å²) < 4.78 is 38.1. The van der Waals surface area contributed by atoms with Gasteiger partial charge in [0.2, 0.25) is 5.60 Å². The molecule has 2 rings (SSSR count). The van der Waals surface area contributed by atoms with Crippen molar-refractivity contribution in [1.82, 2.24) is 0 Å². The van der Waals surface area contributed by atoms with Crippen LogP contribution in [0.4, 0.5) is 18.9 Å². The summed E-state index contributed by atoms with van der Waals surface area (Å²) in [4.78, 5) is 14.6. The highest BCUT2D eigenvalue weighted by atomic mass is 35.5. The summed E-state index contributed by atoms with van der Waals surface area (Å²) in [5.74, 6) is -1.60. The molecule has 26 heavy (non-hydrogen) atoms. The van der Waals surface area contributed by atoms with Crippen LogP contribution >= 0.6 is 35.1 Å². The summed E-state index contributed by atoms with van der Waals surface area (Å²) in [5, 5.41) is 11.5. The van der Waals surface area contributed by atoms with Crippen molar-refractivity contribution in [1.29, 1.82) is 0 Å². The summed E-state index contributed by atoms with van der Waals surface area (Å²) in [5.41, 5.74) is -3.52. The van der Waals surface area contributed by atoms with Gasteiger partial charge in [-0.05, 0) is 55.6 Å². The molecule has 0 bridgehead atoms. The Morgan fingerprint density at radius 3 is 2.12 bits per heavy atom. The van der Waals surface area contributed by atoms with Gasteiger partial charge in [-0.3, -0.25) is 4.79 Å². The highest BCUT2D eigenvalue weighted by Crippen LogP contribution is 2.35. The fourth-order valence-electron chi connectivity index (χ4n) is 1.81. The Hall–Kier alpha value is -1.35. The number of amides is 1. The lowest BCUT2D eigenvalue weighted by molar-refractivity contribution is -0.242. The van der Waals surface area contributed by atoms with Crippen molar-refractivity contribution < 1.29 is 23.1 Å². The van der Waals surface area contributed by atoms with Crippen LogP contribution in [0.2, 0.25) is 5.02 Å². The van der Waals surface area contributed by atoms with Crippen LogP contribution in [0.25, 0.3) is 0 Å². The minimum atomic E-state index is -5.09. The number of benzene rings is 2. The van der Waals surface area contributed by atoms with E-state index in [9.17, 15) is 23.1 Å². The Bertz CT molecular complexity index is 796. The molecule has 0 aliphatic heterocycles. The number of carbonyl (C=O) groups excluding carboxylic acids is 1. The smallest absolute Gasteiger partial charge is 0.373 e. The Balaban J connectivity index is 2.12. The number of carbonyl (C=O) groups is 1. The van der Waals surface area contributed by atoms with Crippen molar-refractivity contribution in [3.63, 3.8) is 0 Å². The van der Waals surface area contributed by atoms with Gasteiger partial charge in [-0.25, -0.2) is 0 Å². The zero-order valence-electron chi connectivity index (χ0n) is 13.7. The molecule has 9 heteroatoms. The first-order valence-electron chi connectivity index (χ1n) is 7.26. The van der Waals surface area contributed by atoms with Gasteiger partial charge in [0.05, 0.1) is 10.7 Å². The van der Waals surface area contributed by atoms with Crippen LogP contribution < -0.4 is 5.32 Å². The van der Waals surface area contributed by atoms with Crippen molar-refractivity contribution in [2.75, 3.05) is 11.6 Å². The Morgan fingerprint density at radius 2 is 1.62 bits per heavy atom. The second-order valence-electron chi connectivity index (χ2n) is 5.44. The van der Waals surface area contributed by atoms with Gasteiger partial charge in [-0.2, -0.15) is 13.2 Å². The molecule has 1 atom stereocenters. The Labute approximate surface area is 162 Å². The highest BCUT2D eigenvalue weighted by molar-refractivity contribution is 7.99. The third kappa shape index (κ3) is 4.88. The molecule has 0 saturated carbocycles. The molecule has 2 aromatic carbocycles. The topological polar surface area (TPSA) is 49.3 Å².